The van der Waals surface area contributed by atoms with Crippen molar-refractivity contribution in [2.75, 3.05) is 25.8 Å². The van der Waals surface area contributed by atoms with E-state index in [0.29, 0.717) is 23.6 Å². The summed E-state index contributed by atoms with van der Waals surface area (Å²) in [4.78, 5) is 27.0. The summed E-state index contributed by atoms with van der Waals surface area (Å²) in [6.45, 7) is 0.144. The Morgan fingerprint density at radius 1 is 1.19 bits per heavy atom. The molecule has 2 amide bonds. The molecular weight excluding hydrogens is 400 g/mol. The first kappa shape index (κ1) is 19.3. The van der Waals surface area contributed by atoms with E-state index in [-0.39, 0.29) is 37.2 Å². The summed E-state index contributed by atoms with van der Waals surface area (Å²) in [7, 11) is 1.54. The van der Waals surface area contributed by atoms with Crippen molar-refractivity contribution < 1.29 is 23.8 Å². The molecule has 2 N–H and O–H groups in total. The van der Waals surface area contributed by atoms with Crippen molar-refractivity contribution in [3.8, 4) is 17.2 Å². The number of nitrogens with one attached hydrogen (secondary N) is 2. The number of hydrogen-bond donors (Lipinski definition) is 2. The van der Waals surface area contributed by atoms with Gasteiger partial charge in [0.15, 0.2) is 11.5 Å². The number of carbonyl (C=O) groups excluding carboxylic acids is 2. The monoisotopic (exact) mass is 422 g/mol. The number of amides is 2. The molecule has 0 aromatic heterocycles. The molecule has 1 saturated heterocycles. The van der Waals surface area contributed by atoms with Crippen molar-refractivity contribution in [3.05, 3.63) is 60.4 Å². The number of methoxy groups -OCH3 is 1. The number of benzene rings is 2. The van der Waals surface area contributed by atoms with E-state index in [1.807, 2.05) is 30.3 Å². The first-order valence-electron chi connectivity index (χ1n) is 9.98. The molecule has 1 fully saturated rings. The van der Waals surface area contributed by atoms with Crippen LogP contribution >= 0.6 is 0 Å². The average molecular weight is 422 g/mol. The van der Waals surface area contributed by atoms with E-state index in [0.717, 1.165) is 11.3 Å². The van der Waals surface area contributed by atoms with E-state index in [9.17, 15) is 9.59 Å². The summed E-state index contributed by atoms with van der Waals surface area (Å²) in [5, 5.41) is 4.60. The lowest BCUT2D eigenvalue weighted by Gasteiger charge is -2.31. The first-order chi connectivity index (χ1) is 15.1. The van der Waals surface area contributed by atoms with Crippen molar-refractivity contribution in [1.82, 2.24) is 15.3 Å². The molecule has 160 valence electrons. The van der Waals surface area contributed by atoms with E-state index >= 15 is 0 Å². The fraction of sp³-hybridized carbons (Fsp3) is 0.273. The molecule has 2 aromatic rings. The Labute approximate surface area is 179 Å². The predicted molar refractivity (Wildman–Crippen MR) is 111 cm³/mol. The number of fused-ring (bicyclic) bond motifs is 2. The molecule has 2 unspecified atom stereocenters. The van der Waals surface area contributed by atoms with Crippen LogP contribution in [0.2, 0.25) is 0 Å². The highest BCUT2D eigenvalue weighted by molar-refractivity contribution is 5.97. The lowest BCUT2D eigenvalue weighted by Crippen LogP contribution is -2.49. The second-order valence-corrected chi connectivity index (χ2v) is 7.47. The molecule has 3 aliphatic heterocycles. The van der Waals surface area contributed by atoms with Crippen molar-refractivity contribution in [2.45, 2.75) is 18.5 Å². The van der Waals surface area contributed by atoms with Gasteiger partial charge in [-0.1, -0.05) is 18.2 Å². The molecule has 2 aromatic carbocycles. The number of hydrogen-bond acceptors (Lipinski definition) is 7. The van der Waals surface area contributed by atoms with Gasteiger partial charge in [-0.05, 0) is 36.2 Å². The minimum absolute atomic E-state index is 0.0459. The molecule has 0 bridgehead atoms. The molecule has 5 rings (SSSR count). The SMILES string of the molecule is COc1ccccc1NC(=O)CN1C=CN2NC(c3ccc4c(c3)OCO4)CC2C1=O. The second kappa shape index (κ2) is 7.84. The standard InChI is InChI=1S/C22H22N4O5/c1-29-18-5-3-2-4-15(18)23-21(27)12-25-8-9-26-17(22(25)28)11-16(24-26)14-6-7-19-20(10-14)31-13-30-19/h2-10,16-17,24H,11-13H2,1H3,(H,23,27). The van der Waals surface area contributed by atoms with Crippen LogP contribution in [0.1, 0.15) is 18.0 Å². The summed E-state index contributed by atoms with van der Waals surface area (Å²) < 4.78 is 16.1. The van der Waals surface area contributed by atoms with Crippen molar-refractivity contribution >= 4 is 17.5 Å². The molecule has 9 nitrogen and oxygen atoms in total. The van der Waals surface area contributed by atoms with Gasteiger partial charge in [0.05, 0.1) is 18.8 Å². The van der Waals surface area contributed by atoms with Gasteiger partial charge < -0.3 is 29.4 Å². The van der Waals surface area contributed by atoms with Gasteiger partial charge in [0.2, 0.25) is 12.7 Å². The molecule has 31 heavy (non-hydrogen) atoms. The Balaban J connectivity index is 1.24. The molecule has 9 heteroatoms. The van der Waals surface area contributed by atoms with Crippen LogP contribution in [0, 0.1) is 0 Å². The van der Waals surface area contributed by atoms with Gasteiger partial charge in [-0.2, -0.15) is 0 Å². The van der Waals surface area contributed by atoms with Crippen LogP contribution in [-0.2, 0) is 9.59 Å². The zero-order valence-electron chi connectivity index (χ0n) is 16.9. The largest absolute Gasteiger partial charge is 0.495 e. The first-order valence-corrected chi connectivity index (χ1v) is 9.98. The number of ether oxygens (including phenoxy) is 3. The summed E-state index contributed by atoms with van der Waals surface area (Å²) in [5.41, 5.74) is 4.92. The third-order valence-corrected chi connectivity index (χ3v) is 5.57. The minimum Gasteiger partial charge on any atom is -0.495 e. The zero-order valence-corrected chi connectivity index (χ0v) is 16.9. The van der Waals surface area contributed by atoms with Crippen LogP contribution in [0.25, 0.3) is 0 Å². The quantitative estimate of drug-likeness (QED) is 0.761. The van der Waals surface area contributed by atoms with Gasteiger partial charge in [-0.3, -0.25) is 9.59 Å². The lowest BCUT2D eigenvalue weighted by atomic mass is 10.0. The maximum atomic E-state index is 13.0. The number of anilines is 1. The molecule has 0 saturated carbocycles. The number of hydrazine groups is 1. The van der Waals surface area contributed by atoms with Gasteiger partial charge in [0, 0.05) is 12.4 Å². The van der Waals surface area contributed by atoms with Crippen LogP contribution in [-0.4, -0.2) is 48.2 Å². The van der Waals surface area contributed by atoms with Crippen molar-refractivity contribution in [2.24, 2.45) is 0 Å². The van der Waals surface area contributed by atoms with Crippen LogP contribution in [0.4, 0.5) is 5.69 Å². The average Bonchev–Trinajstić information content (AvgIpc) is 3.43. The summed E-state index contributed by atoms with van der Waals surface area (Å²) >= 11 is 0. The second-order valence-electron chi connectivity index (χ2n) is 7.47. The zero-order chi connectivity index (χ0) is 21.4. The predicted octanol–water partition coefficient (Wildman–Crippen LogP) is 2.00. The molecule has 0 aliphatic carbocycles. The Hall–Kier alpha value is -3.72. The Bertz CT molecular complexity index is 1060. The number of rotatable bonds is 5. The maximum Gasteiger partial charge on any atom is 0.251 e. The fourth-order valence-corrected chi connectivity index (χ4v) is 4.01. The van der Waals surface area contributed by atoms with Crippen molar-refractivity contribution in [3.63, 3.8) is 0 Å². The van der Waals surface area contributed by atoms with Gasteiger partial charge >= 0.3 is 0 Å². The van der Waals surface area contributed by atoms with Crippen molar-refractivity contribution in [1.29, 1.82) is 0 Å². The van der Waals surface area contributed by atoms with E-state index in [2.05, 4.69) is 10.7 Å². The Kier molecular flexibility index (Phi) is 4.87. The number of para-hydroxylation sites is 2. The number of carbonyl (C=O) groups is 2. The van der Waals surface area contributed by atoms with E-state index in [1.165, 1.54) is 4.90 Å². The van der Waals surface area contributed by atoms with Gasteiger partial charge in [-0.15, -0.1) is 0 Å². The minimum atomic E-state index is -0.389. The van der Waals surface area contributed by atoms with E-state index < -0.39 is 0 Å². The highest BCUT2D eigenvalue weighted by atomic mass is 16.7. The molecule has 3 aliphatic rings. The molecule has 0 spiro atoms. The summed E-state index contributed by atoms with van der Waals surface area (Å²) in [6.07, 6.45) is 3.98. The Morgan fingerprint density at radius 2 is 2.03 bits per heavy atom. The van der Waals surface area contributed by atoms with E-state index in [4.69, 9.17) is 14.2 Å². The third-order valence-electron chi connectivity index (χ3n) is 5.57. The number of nitrogens with zero attached hydrogens (tertiary/aromatic N) is 2. The molecular formula is C22H22N4O5. The van der Waals surface area contributed by atoms with Gasteiger partial charge in [-0.25, -0.2) is 5.43 Å². The molecule has 0 radical (unpaired) electrons. The lowest BCUT2D eigenvalue weighted by molar-refractivity contribution is -0.137. The maximum absolute atomic E-state index is 13.0. The Morgan fingerprint density at radius 3 is 2.90 bits per heavy atom. The third kappa shape index (κ3) is 3.64. The topological polar surface area (TPSA) is 92.4 Å². The summed E-state index contributed by atoms with van der Waals surface area (Å²) in [5.74, 6) is 1.57. The normalized spacial score (nSPS) is 21.3. The fourth-order valence-electron chi connectivity index (χ4n) is 4.01. The highest BCUT2D eigenvalue weighted by Gasteiger charge is 2.40. The smallest absolute Gasteiger partial charge is 0.251 e. The van der Waals surface area contributed by atoms with Crippen LogP contribution < -0.4 is 25.0 Å². The van der Waals surface area contributed by atoms with Crippen LogP contribution in [0.5, 0.6) is 17.2 Å². The van der Waals surface area contributed by atoms with Crippen LogP contribution in [0.15, 0.2) is 54.9 Å². The molecule has 2 atom stereocenters. The van der Waals surface area contributed by atoms with E-state index in [1.54, 1.807) is 36.7 Å². The van der Waals surface area contributed by atoms with Gasteiger partial charge in [0.25, 0.3) is 5.91 Å². The molecule has 3 heterocycles. The highest BCUT2D eigenvalue weighted by Crippen LogP contribution is 2.37. The van der Waals surface area contributed by atoms with Gasteiger partial charge in [0.1, 0.15) is 18.3 Å². The summed E-state index contributed by atoms with van der Waals surface area (Å²) in [6, 6.07) is 12.5. The van der Waals surface area contributed by atoms with Crippen LogP contribution in [0.3, 0.4) is 0 Å².